The molecular formula is C22H30N4O2S. The summed E-state index contributed by atoms with van der Waals surface area (Å²) < 4.78 is 0.998. The zero-order valence-corrected chi connectivity index (χ0v) is 18.3. The van der Waals surface area contributed by atoms with E-state index in [1.807, 2.05) is 4.90 Å². The van der Waals surface area contributed by atoms with Crippen molar-refractivity contribution in [3.63, 3.8) is 0 Å². The molecule has 2 N–H and O–H groups in total. The third kappa shape index (κ3) is 3.96. The fourth-order valence-electron chi connectivity index (χ4n) is 4.43. The van der Waals surface area contributed by atoms with Gasteiger partial charge in [-0.15, -0.1) is 11.3 Å². The van der Waals surface area contributed by atoms with Crippen LogP contribution in [0.15, 0.2) is 6.33 Å². The molecule has 0 radical (unpaired) electrons. The minimum absolute atomic E-state index is 0.415. The molecule has 3 heterocycles. The Morgan fingerprint density at radius 1 is 1.10 bits per heavy atom. The maximum atomic E-state index is 9.98. The average molecular weight is 415 g/mol. The summed E-state index contributed by atoms with van der Waals surface area (Å²) in [5.41, 5.74) is 5.09. The van der Waals surface area contributed by atoms with Gasteiger partial charge in [0.05, 0.1) is 22.4 Å². The third-order valence-electron chi connectivity index (χ3n) is 5.57. The Morgan fingerprint density at radius 2 is 1.83 bits per heavy atom. The van der Waals surface area contributed by atoms with E-state index in [2.05, 4.69) is 16.9 Å². The normalized spacial score (nSPS) is 15.8. The highest BCUT2D eigenvalue weighted by Gasteiger charge is 2.25. The van der Waals surface area contributed by atoms with Crippen molar-refractivity contribution < 1.29 is 10.2 Å². The van der Waals surface area contributed by atoms with Crippen LogP contribution in [0.25, 0.3) is 20.4 Å². The second-order valence-corrected chi connectivity index (χ2v) is 9.23. The molecule has 0 fully saturated rings. The Kier molecular flexibility index (Phi) is 5.99. The summed E-state index contributed by atoms with van der Waals surface area (Å²) in [4.78, 5) is 17.3. The second-order valence-electron chi connectivity index (χ2n) is 8.23. The van der Waals surface area contributed by atoms with Crippen molar-refractivity contribution in [2.24, 2.45) is 0 Å². The van der Waals surface area contributed by atoms with Crippen LogP contribution in [0.2, 0.25) is 0 Å². The van der Waals surface area contributed by atoms with Crippen LogP contribution >= 0.6 is 11.3 Å². The van der Waals surface area contributed by atoms with Gasteiger partial charge in [-0.05, 0) is 57.1 Å². The van der Waals surface area contributed by atoms with Gasteiger partial charge < -0.3 is 15.1 Å². The van der Waals surface area contributed by atoms with Crippen LogP contribution in [-0.2, 0) is 19.3 Å². The summed E-state index contributed by atoms with van der Waals surface area (Å²) in [6.07, 6.45) is 7.33. The topological polar surface area (TPSA) is 82.4 Å². The van der Waals surface area contributed by atoms with Crippen LogP contribution in [0.4, 0.5) is 5.82 Å². The Hall–Kier alpha value is -1.83. The number of anilines is 1. The number of hydrogen-bond donors (Lipinski definition) is 2. The molecule has 0 saturated carbocycles. The lowest BCUT2D eigenvalue weighted by Crippen LogP contribution is -2.37. The summed E-state index contributed by atoms with van der Waals surface area (Å²) in [5, 5.41) is 21.1. The van der Waals surface area contributed by atoms with Crippen LogP contribution in [0.3, 0.4) is 0 Å². The van der Waals surface area contributed by atoms with E-state index in [1.165, 1.54) is 35.0 Å². The molecule has 7 heteroatoms. The molecule has 0 aromatic carbocycles. The number of fused-ring (bicyclic) bond motifs is 5. The molecule has 0 spiro atoms. The maximum absolute atomic E-state index is 9.98. The molecule has 4 rings (SSSR count). The van der Waals surface area contributed by atoms with Gasteiger partial charge in [-0.1, -0.05) is 13.3 Å². The molecule has 2 atom stereocenters. The van der Waals surface area contributed by atoms with Crippen molar-refractivity contribution in [1.29, 1.82) is 0 Å². The van der Waals surface area contributed by atoms with E-state index in [-0.39, 0.29) is 0 Å². The Bertz CT molecular complexity index is 1010. The first-order valence-corrected chi connectivity index (χ1v) is 11.5. The molecule has 1 aliphatic rings. The van der Waals surface area contributed by atoms with Crippen LogP contribution < -0.4 is 4.90 Å². The maximum Gasteiger partial charge on any atom is 0.150 e. The number of aliphatic hydroxyl groups is 2. The van der Waals surface area contributed by atoms with Gasteiger partial charge in [0.2, 0.25) is 0 Å². The van der Waals surface area contributed by atoms with Gasteiger partial charge in [0.1, 0.15) is 17.0 Å². The molecular weight excluding hydrogens is 384 g/mol. The summed E-state index contributed by atoms with van der Waals surface area (Å²) >= 11 is 1.64. The van der Waals surface area contributed by atoms with Gasteiger partial charge in [0.15, 0.2) is 0 Å². The molecule has 6 nitrogen and oxygen atoms in total. The monoisotopic (exact) mass is 414 g/mol. The highest BCUT2D eigenvalue weighted by molar-refractivity contribution is 7.26. The summed E-state index contributed by atoms with van der Waals surface area (Å²) in [7, 11) is 0. The van der Waals surface area contributed by atoms with Crippen molar-refractivity contribution in [2.75, 3.05) is 18.0 Å². The van der Waals surface area contributed by atoms with E-state index in [0.717, 1.165) is 46.5 Å². The molecule has 1 aliphatic carbocycles. The molecule has 29 heavy (non-hydrogen) atoms. The molecule has 3 aromatic heterocycles. The molecule has 3 aromatic rings. The number of aliphatic hydroxyl groups excluding tert-OH is 2. The minimum Gasteiger partial charge on any atom is -0.392 e. The summed E-state index contributed by atoms with van der Waals surface area (Å²) in [5.74, 6) is 0.779. The lowest BCUT2D eigenvalue weighted by Gasteiger charge is -2.26. The lowest BCUT2D eigenvalue weighted by molar-refractivity contribution is 0.178. The minimum atomic E-state index is -0.517. The summed E-state index contributed by atoms with van der Waals surface area (Å²) in [6.45, 7) is 6.57. The fourth-order valence-corrected chi connectivity index (χ4v) is 5.62. The van der Waals surface area contributed by atoms with Gasteiger partial charge in [-0.25, -0.2) is 15.0 Å². The van der Waals surface area contributed by atoms with E-state index in [4.69, 9.17) is 4.98 Å². The van der Waals surface area contributed by atoms with E-state index >= 15 is 0 Å². The van der Waals surface area contributed by atoms with Gasteiger partial charge in [0.25, 0.3) is 0 Å². The quantitative estimate of drug-likeness (QED) is 0.586. The number of aryl methyl sites for hydroxylation is 2. The summed E-state index contributed by atoms with van der Waals surface area (Å²) in [6, 6.07) is 0. The Balaban J connectivity index is 1.90. The largest absolute Gasteiger partial charge is 0.392 e. The molecule has 156 valence electrons. The lowest BCUT2D eigenvalue weighted by atomic mass is 10.0. The zero-order chi connectivity index (χ0) is 20.5. The van der Waals surface area contributed by atoms with E-state index in [1.54, 1.807) is 31.5 Å². The molecule has 0 unspecified atom stereocenters. The van der Waals surface area contributed by atoms with E-state index < -0.39 is 12.2 Å². The smallest absolute Gasteiger partial charge is 0.150 e. The first kappa shape index (κ1) is 20.4. The van der Waals surface area contributed by atoms with Crippen molar-refractivity contribution in [2.45, 2.75) is 71.5 Å². The average Bonchev–Trinajstić information content (AvgIpc) is 3.28. The van der Waals surface area contributed by atoms with Crippen molar-refractivity contribution >= 4 is 37.6 Å². The first-order valence-electron chi connectivity index (χ1n) is 10.7. The van der Waals surface area contributed by atoms with Crippen molar-refractivity contribution in [3.8, 4) is 0 Å². The second kappa shape index (κ2) is 8.50. The number of rotatable bonds is 8. The highest BCUT2D eigenvalue weighted by atomic mass is 32.1. The number of hydrogen-bond acceptors (Lipinski definition) is 7. The molecule has 0 bridgehead atoms. The molecule has 0 saturated heterocycles. The first-order chi connectivity index (χ1) is 14.0. The number of thiophene rings is 1. The van der Waals surface area contributed by atoms with E-state index in [9.17, 15) is 10.2 Å². The predicted octanol–water partition coefficient (Wildman–Crippen LogP) is 3.64. The van der Waals surface area contributed by atoms with Crippen molar-refractivity contribution in [3.05, 3.63) is 23.1 Å². The number of nitrogens with zero attached hydrogens (tertiary/aromatic N) is 4. The highest BCUT2D eigenvalue weighted by Crippen LogP contribution is 2.42. The fraction of sp³-hybridized carbons (Fsp3) is 0.591. The van der Waals surface area contributed by atoms with Crippen LogP contribution in [0, 0.1) is 0 Å². The van der Waals surface area contributed by atoms with Crippen LogP contribution in [-0.4, -0.2) is 50.5 Å². The number of aromatic nitrogens is 3. The standard InChI is InChI=1S/C22H30N4O2S/c1-4-5-9-17-15-7-6-8-16(15)18-19-20(29-22(18)25-17)21(24-12-23-19)26(10-13(2)27)11-14(3)28/h12-14,27-28H,4-11H2,1-3H3/t13-,14-/m0/s1. The number of pyridine rings is 1. The predicted molar refractivity (Wildman–Crippen MR) is 119 cm³/mol. The molecule has 0 aliphatic heterocycles. The van der Waals surface area contributed by atoms with Crippen LogP contribution in [0.1, 0.15) is 56.9 Å². The van der Waals surface area contributed by atoms with Gasteiger partial charge in [0, 0.05) is 24.2 Å². The molecule has 0 amide bonds. The van der Waals surface area contributed by atoms with E-state index in [0.29, 0.717) is 13.1 Å². The van der Waals surface area contributed by atoms with Gasteiger partial charge in [-0.2, -0.15) is 0 Å². The zero-order valence-electron chi connectivity index (χ0n) is 17.5. The Morgan fingerprint density at radius 3 is 2.52 bits per heavy atom. The third-order valence-corrected chi connectivity index (χ3v) is 6.64. The van der Waals surface area contributed by atoms with Gasteiger partial charge >= 0.3 is 0 Å². The SMILES string of the molecule is CCCCc1nc2sc3c(N(C[C@H](C)O)C[C@H](C)O)ncnc3c2c2c1CCC2. The number of unbranched alkanes of at least 4 members (excludes halogenated alkanes) is 1. The van der Waals surface area contributed by atoms with Crippen LogP contribution in [0.5, 0.6) is 0 Å². The Labute approximate surface area is 175 Å². The van der Waals surface area contributed by atoms with Gasteiger partial charge in [-0.3, -0.25) is 0 Å². The van der Waals surface area contributed by atoms with Crippen molar-refractivity contribution in [1.82, 2.24) is 15.0 Å².